The zero-order valence-electron chi connectivity index (χ0n) is 11.5. The highest BCUT2D eigenvalue weighted by Gasteiger charge is 1.97. The first-order valence-corrected chi connectivity index (χ1v) is 6.62. The Balaban J connectivity index is 0.000000771. The van der Waals surface area contributed by atoms with Crippen LogP contribution in [0.1, 0.15) is 31.9 Å². The number of benzene rings is 2. The first-order chi connectivity index (χ1) is 8.83. The fourth-order valence-corrected chi connectivity index (χ4v) is 1.74. The Labute approximate surface area is 110 Å². The molecule has 18 heavy (non-hydrogen) atoms. The van der Waals surface area contributed by atoms with Gasteiger partial charge >= 0.3 is 0 Å². The van der Waals surface area contributed by atoms with Crippen molar-refractivity contribution < 1.29 is 5.11 Å². The van der Waals surface area contributed by atoms with Crippen LogP contribution < -0.4 is 0 Å². The van der Waals surface area contributed by atoms with Gasteiger partial charge in [-0.1, -0.05) is 69.3 Å². The summed E-state index contributed by atoms with van der Waals surface area (Å²) in [5.41, 5.74) is 4.73. The predicted octanol–water partition coefficient (Wildman–Crippen LogP) is 4.43. The van der Waals surface area contributed by atoms with Crippen LogP contribution in [0.3, 0.4) is 0 Å². The molecule has 0 atom stereocenters. The lowest BCUT2D eigenvalue weighted by molar-refractivity contribution is 0.282. The van der Waals surface area contributed by atoms with Crippen LogP contribution in [-0.2, 0) is 13.0 Å². The van der Waals surface area contributed by atoms with Crippen LogP contribution in [0.5, 0.6) is 0 Å². The summed E-state index contributed by atoms with van der Waals surface area (Å²) < 4.78 is 0. The normalized spacial score (nSPS) is 9.56. The third-order valence-corrected chi connectivity index (χ3v) is 2.83. The summed E-state index contributed by atoms with van der Waals surface area (Å²) in [5, 5.41) is 8.97. The minimum absolute atomic E-state index is 0.106. The van der Waals surface area contributed by atoms with E-state index >= 15 is 0 Å². The quantitative estimate of drug-likeness (QED) is 0.844. The van der Waals surface area contributed by atoms with Crippen molar-refractivity contribution in [1.29, 1.82) is 0 Å². The van der Waals surface area contributed by atoms with E-state index in [-0.39, 0.29) is 6.61 Å². The molecule has 0 amide bonds. The summed E-state index contributed by atoms with van der Waals surface area (Å²) in [6.45, 7) is 6.26. The van der Waals surface area contributed by atoms with Gasteiger partial charge in [0.2, 0.25) is 0 Å². The summed E-state index contributed by atoms with van der Waals surface area (Å²) >= 11 is 0. The number of aliphatic hydroxyl groups excluding tert-OH is 1. The second kappa shape index (κ2) is 7.67. The first kappa shape index (κ1) is 14.5. The molecule has 0 bridgehead atoms. The van der Waals surface area contributed by atoms with Gasteiger partial charge in [0, 0.05) is 0 Å². The summed E-state index contributed by atoms with van der Waals surface area (Å²) in [6.07, 6.45) is 1.07. The lowest BCUT2D eigenvalue weighted by Crippen LogP contribution is -1.84. The van der Waals surface area contributed by atoms with Gasteiger partial charge in [-0.2, -0.15) is 0 Å². The van der Waals surface area contributed by atoms with Gasteiger partial charge in [-0.25, -0.2) is 0 Å². The fourth-order valence-electron chi connectivity index (χ4n) is 1.74. The van der Waals surface area contributed by atoms with Crippen LogP contribution in [0.2, 0.25) is 0 Å². The van der Waals surface area contributed by atoms with Crippen LogP contribution in [0.25, 0.3) is 11.1 Å². The van der Waals surface area contributed by atoms with Crippen LogP contribution in [0, 0.1) is 0 Å². The molecule has 0 radical (unpaired) electrons. The molecule has 96 valence electrons. The Hall–Kier alpha value is -1.60. The smallest absolute Gasteiger partial charge is 0.0681 e. The van der Waals surface area contributed by atoms with Crippen molar-refractivity contribution in [1.82, 2.24) is 0 Å². The van der Waals surface area contributed by atoms with Gasteiger partial charge in [0.25, 0.3) is 0 Å². The Morgan fingerprint density at radius 1 is 0.722 bits per heavy atom. The van der Waals surface area contributed by atoms with Crippen molar-refractivity contribution >= 4 is 0 Å². The molecule has 0 fully saturated rings. The molecule has 0 heterocycles. The Morgan fingerprint density at radius 2 is 1.11 bits per heavy atom. The molecule has 0 aliphatic rings. The monoisotopic (exact) mass is 242 g/mol. The molecule has 1 heteroatoms. The Bertz CT molecular complexity index is 395. The van der Waals surface area contributed by atoms with Crippen LogP contribution in [-0.4, -0.2) is 5.11 Å². The molecule has 0 unspecified atom stereocenters. The molecule has 2 aromatic carbocycles. The van der Waals surface area contributed by atoms with E-state index in [9.17, 15) is 0 Å². The van der Waals surface area contributed by atoms with Crippen LogP contribution in [0.15, 0.2) is 48.5 Å². The van der Waals surface area contributed by atoms with Gasteiger partial charge < -0.3 is 5.11 Å². The molecular formula is C17H22O. The maximum absolute atomic E-state index is 8.97. The van der Waals surface area contributed by atoms with Crippen LogP contribution >= 0.6 is 0 Å². The average Bonchev–Trinajstić information content (AvgIpc) is 2.49. The molecule has 0 aliphatic heterocycles. The molecule has 0 aromatic heterocycles. The van der Waals surface area contributed by atoms with Crippen molar-refractivity contribution in [2.75, 3.05) is 0 Å². The molecule has 0 spiro atoms. The second-order valence-electron chi connectivity index (χ2n) is 3.91. The van der Waals surface area contributed by atoms with Crippen molar-refractivity contribution in [2.24, 2.45) is 0 Å². The van der Waals surface area contributed by atoms with E-state index in [1.807, 2.05) is 38.1 Å². The predicted molar refractivity (Wildman–Crippen MR) is 78.5 cm³/mol. The fraction of sp³-hybridized carbons (Fsp3) is 0.294. The third-order valence-electron chi connectivity index (χ3n) is 2.83. The zero-order valence-corrected chi connectivity index (χ0v) is 11.5. The molecule has 0 saturated carbocycles. The summed E-state index contributed by atoms with van der Waals surface area (Å²) in [4.78, 5) is 0. The molecule has 0 aliphatic carbocycles. The number of hydrogen-bond acceptors (Lipinski definition) is 1. The summed E-state index contributed by atoms with van der Waals surface area (Å²) in [5.74, 6) is 0. The van der Waals surface area contributed by atoms with Crippen molar-refractivity contribution in [2.45, 2.75) is 33.8 Å². The Kier molecular flexibility index (Phi) is 6.16. The molecule has 0 saturated heterocycles. The van der Waals surface area contributed by atoms with Crippen molar-refractivity contribution in [3.05, 3.63) is 59.7 Å². The van der Waals surface area contributed by atoms with Gasteiger partial charge in [0.1, 0.15) is 0 Å². The molecule has 1 nitrogen and oxygen atoms in total. The largest absolute Gasteiger partial charge is 0.392 e. The lowest BCUT2D eigenvalue weighted by atomic mass is 10.0. The molecule has 1 N–H and O–H groups in total. The van der Waals surface area contributed by atoms with Gasteiger partial charge in [-0.15, -0.1) is 0 Å². The van der Waals surface area contributed by atoms with Gasteiger partial charge in [0.05, 0.1) is 6.61 Å². The van der Waals surface area contributed by atoms with E-state index in [2.05, 4.69) is 31.2 Å². The number of aryl methyl sites for hydroxylation is 1. The minimum Gasteiger partial charge on any atom is -0.392 e. The highest BCUT2D eigenvalue weighted by atomic mass is 16.3. The topological polar surface area (TPSA) is 20.2 Å². The highest BCUT2D eigenvalue weighted by molar-refractivity contribution is 5.63. The second-order valence-corrected chi connectivity index (χ2v) is 3.91. The van der Waals surface area contributed by atoms with E-state index in [0.717, 1.165) is 12.0 Å². The van der Waals surface area contributed by atoms with Gasteiger partial charge in [-0.05, 0) is 28.7 Å². The summed E-state index contributed by atoms with van der Waals surface area (Å²) in [6, 6.07) is 16.6. The number of aliphatic hydroxyl groups is 1. The maximum atomic E-state index is 8.97. The van der Waals surface area contributed by atoms with E-state index in [4.69, 9.17) is 5.11 Å². The van der Waals surface area contributed by atoms with E-state index in [1.54, 1.807) is 0 Å². The van der Waals surface area contributed by atoms with Crippen LogP contribution in [0.4, 0.5) is 0 Å². The lowest BCUT2D eigenvalue weighted by Gasteiger charge is -2.04. The SMILES string of the molecule is CC.CCc1ccc(-c2ccc(CO)cc2)cc1. The maximum Gasteiger partial charge on any atom is 0.0681 e. The summed E-state index contributed by atoms with van der Waals surface area (Å²) in [7, 11) is 0. The minimum atomic E-state index is 0.106. The average molecular weight is 242 g/mol. The van der Waals surface area contributed by atoms with E-state index < -0.39 is 0 Å². The van der Waals surface area contributed by atoms with Gasteiger partial charge in [0.15, 0.2) is 0 Å². The number of hydrogen-bond donors (Lipinski definition) is 1. The molecule has 2 aromatic rings. The highest BCUT2D eigenvalue weighted by Crippen LogP contribution is 2.20. The van der Waals surface area contributed by atoms with Crippen molar-refractivity contribution in [3.63, 3.8) is 0 Å². The van der Waals surface area contributed by atoms with Gasteiger partial charge in [-0.3, -0.25) is 0 Å². The van der Waals surface area contributed by atoms with E-state index in [0.29, 0.717) is 0 Å². The number of rotatable bonds is 3. The third kappa shape index (κ3) is 3.71. The molecule has 2 rings (SSSR count). The van der Waals surface area contributed by atoms with Crippen molar-refractivity contribution in [3.8, 4) is 11.1 Å². The zero-order chi connectivity index (χ0) is 13.4. The standard InChI is InChI=1S/C15H16O.C2H6/c1-2-12-3-7-14(8-4-12)15-9-5-13(11-16)6-10-15;1-2/h3-10,16H,2,11H2,1H3;1-2H3. The molecular weight excluding hydrogens is 220 g/mol. The Morgan fingerprint density at radius 3 is 1.44 bits per heavy atom. The first-order valence-electron chi connectivity index (χ1n) is 6.62. The van der Waals surface area contributed by atoms with E-state index in [1.165, 1.54) is 16.7 Å².